The van der Waals surface area contributed by atoms with Gasteiger partial charge >= 0.3 is 6.18 Å². The molecular formula is C22H24F3NO. The number of allylic oxidation sites excluding steroid dienone is 2. The Labute approximate surface area is 158 Å². The number of benzene rings is 2. The summed E-state index contributed by atoms with van der Waals surface area (Å²) in [6.45, 7) is 7.71. The van der Waals surface area contributed by atoms with Crippen molar-refractivity contribution >= 4 is 11.5 Å². The number of nitrogens with one attached hydrogen (secondary N) is 1. The second-order valence-corrected chi connectivity index (χ2v) is 7.03. The van der Waals surface area contributed by atoms with Gasteiger partial charge in [0.2, 0.25) is 0 Å². The third-order valence-electron chi connectivity index (χ3n) is 4.27. The molecule has 5 heteroatoms. The fourth-order valence-electron chi connectivity index (χ4n) is 2.84. The van der Waals surface area contributed by atoms with Crippen molar-refractivity contribution in [3.63, 3.8) is 0 Å². The zero-order valence-electron chi connectivity index (χ0n) is 15.9. The molecule has 0 bridgehead atoms. The topological polar surface area (TPSA) is 29.1 Å². The van der Waals surface area contributed by atoms with Gasteiger partial charge in [-0.15, -0.1) is 0 Å². The smallest absolute Gasteiger partial charge is 0.351 e. The Hall–Kier alpha value is -2.56. The Morgan fingerprint density at radius 2 is 1.41 bits per heavy atom. The summed E-state index contributed by atoms with van der Waals surface area (Å²) in [6, 6.07) is 13.4. The molecule has 0 saturated carbocycles. The van der Waals surface area contributed by atoms with Crippen LogP contribution in [0.3, 0.4) is 0 Å². The molecule has 1 N–H and O–H groups in total. The van der Waals surface area contributed by atoms with E-state index in [0.29, 0.717) is 11.8 Å². The summed E-state index contributed by atoms with van der Waals surface area (Å²) in [5.74, 6) is -0.625. The van der Waals surface area contributed by atoms with Gasteiger partial charge in [0.15, 0.2) is 5.78 Å². The molecule has 0 heterocycles. The van der Waals surface area contributed by atoms with E-state index in [4.69, 9.17) is 0 Å². The van der Waals surface area contributed by atoms with Gasteiger partial charge in [-0.05, 0) is 23.0 Å². The highest BCUT2D eigenvalue weighted by Crippen LogP contribution is 2.36. The first kappa shape index (κ1) is 20.7. The van der Waals surface area contributed by atoms with Crippen molar-refractivity contribution in [1.29, 1.82) is 0 Å². The average Bonchev–Trinajstić information content (AvgIpc) is 2.60. The lowest BCUT2D eigenvalue weighted by Crippen LogP contribution is -2.22. The number of anilines is 1. The van der Waals surface area contributed by atoms with E-state index in [9.17, 15) is 18.0 Å². The minimum Gasteiger partial charge on any atom is -0.351 e. The molecule has 2 aromatic carbocycles. The predicted molar refractivity (Wildman–Crippen MR) is 103 cm³/mol. The van der Waals surface area contributed by atoms with Crippen molar-refractivity contribution in [3.8, 4) is 0 Å². The number of carbonyl (C=O) groups is 1. The van der Waals surface area contributed by atoms with Crippen LogP contribution in [0, 0.1) is 0 Å². The van der Waals surface area contributed by atoms with E-state index in [0.717, 1.165) is 11.1 Å². The lowest BCUT2D eigenvalue weighted by atomic mass is 9.92. The highest BCUT2D eigenvalue weighted by molar-refractivity contribution is 6.05. The molecule has 0 aliphatic rings. The third kappa shape index (κ3) is 5.22. The molecule has 0 saturated heterocycles. The molecule has 0 fully saturated rings. The van der Waals surface area contributed by atoms with Crippen LogP contribution in [0.15, 0.2) is 60.3 Å². The maximum absolute atomic E-state index is 13.7. The van der Waals surface area contributed by atoms with Crippen molar-refractivity contribution in [2.75, 3.05) is 5.32 Å². The van der Waals surface area contributed by atoms with Crippen molar-refractivity contribution < 1.29 is 18.0 Å². The highest BCUT2D eigenvalue weighted by Gasteiger charge is 2.35. The van der Waals surface area contributed by atoms with Gasteiger partial charge in [-0.1, -0.05) is 76.2 Å². The van der Waals surface area contributed by atoms with Crippen LogP contribution in [0.5, 0.6) is 0 Å². The maximum atomic E-state index is 13.7. The van der Waals surface area contributed by atoms with Gasteiger partial charge in [-0.25, -0.2) is 0 Å². The van der Waals surface area contributed by atoms with E-state index in [1.165, 1.54) is 12.1 Å². The fourth-order valence-corrected chi connectivity index (χ4v) is 2.84. The number of hydrogen-bond donors (Lipinski definition) is 1. The quantitative estimate of drug-likeness (QED) is 0.451. The number of hydrogen-bond acceptors (Lipinski definition) is 2. The number of carbonyl (C=O) groups excluding carboxylic acids is 1. The summed E-state index contributed by atoms with van der Waals surface area (Å²) in [7, 11) is 0. The fraction of sp³-hybridized carbons (Fsp3) is 0.318. The van der Waals surface area contributed by atoms with Crippen LogP contribution in [0.4, 0.5) is 18.9 Å². The SMILES string of the molecule is CC(C)c1cccc(C(C)C)c1NC(=CC(=O)c1ccccc1)C(F)(F)F. The zero-order chi connectivity index (χ0) is 20.2. The normalized spacial score (nSPS) is 12.6. The van der Waals surface area contributed by atoms with Gasteiger partial charge in [0, 0.05) is 17.3 Å². The van der Waals surface area contributed by atoms with Crippen LogP contribution in [-0.2, 0) is 0 Å². The molecule has 0 amide bonds. The molecule has 27 heavy (non-hydrogen) atoms. The van der Waals surface area contributed by atoms with Gasteiger partial charge in [-0.2, -0.15) is 13.2 Å². The predicted octanol–water partition coefficient (Wildman–Crippen LogP) is 6.67. The van der Waals surface area contributed by atoms with E-state index < -0.39 is 17.7 Å². The monoisotopic (exact) mass is 375 g/mol. The van der Waals surface area contributed by atoms with E-state index in [1.54, 1.807) is 18.2 Å². The number of para-hydroxylation sites is 1. The van der Waals surface area contributed by atoms with Crippen LogP contribution in [0.2, 0.25) is 0 Å². The molecule has 2 rings (SSSR count). The third-order valence-corrected chi connectivity index (χ3v) is 4.27. The summed E-state index contributed by atoms with van der Waals surface area (Å²) in [5, 5.41) is 2.53. The summed E-state index contributed by atoms with van der Waals surface area (Å²) < 4.78 is 41.0. The Morgan fingerprint density at radius 3 is 1.85 bits per heavy atom. The van der Waals surface area contributed by atoms with Gasteiger partial charge in [0.1, 0.15) is 5.70 Å². The zero-order valence-corrected chi connectivity index (χ0v) is 15.9. The van der Waals surface area contributed by atoms with Crippen LogP contribution < -0.4 is 5.32 Å². The standard InChI is InChI=1S/C22H24F3NO/c1-14(2)17-11-8-12-18(15(3)4)21(17)26-20(22(23,24)25)13-19(27)16-9-6-5-7-10-16/h5-15,26H,1-4H3. The molecular weight excluding hydrogens is 351 g/mol. The molecule has 0 atom stereocenters. The Bertz CT molecular complexity index is 795. The summed E-state index contributed by atoms with van der Waals surface area (Å²) in [4.78, 5) is 12.3. The number of halogens is 3. The first-order valence-corrected chi connectivity index (χ1v) is 8.89. The van der Waals surface area contributed by atoms with Crippen LogP contribution >= 0.6 is 0 Å². The van der Waals surface area contributed by atoms with Crippen LogP contribution in [0.1, 0.15) is 61.0 Å². The number of rotatable bonds is 6. The molecule has 2 aromatic rings. The largest absolute Gasteiger partial charge is 0.431 e. The van der Waals surface area contributed by atoms with Crippen molar-refractivity contribution in [3.05, 3.63) is 77.0 Å². The van der Waals surface area contributed by atoms with Crippen molar-refractivity contribution in [1.82, 2.24) is 0 Å². The molecule has 2 nitrogen and oxygen atoms in total. The summed E-state index contributed by atoms with van der Waals surface area (Å²) >= 11 is 0. The second-order valence-electron chi connectivity index (χ2n) is 7.03. The second kappa shape index (κ2) is 8.42. The maximum Gasteiger partial charge on any atom is 0.431 e. The molecule has 0 radical (unpaired) electrons. The van der Waals surface area contributed by atoms with Gasteiger partial charge in [-0.3, -0.25) is 4.79 Å². The van der Waals surface area contributed by atoms with Crippen molar-refractivity contribution in [2.24, 2.45) is 0 Å². The summed E-state index contributed by atoms with van der Waals surface area (Å²) in [5.41, 5.74) is 1.13. The molecule has 0 spiro atoms. The number of alkyl halides is 3. The minimum absolute atomic E-state index is 0.0329. The highest BCUT2D eigenvalue weighted by atomic mass is 19.4. The van der Waals surface area contributed by atoms with Crippen molar-refractivity contribution in [2.45, 2.75) is 45.7 Å². The Kier molecular flexibility index (Phi) is 6.47. The van der Waals surface area contributed by atoms with Crippen LogP contribution in [-0.4, -0.2) is 12.0 Å². The lowest BCUT2D eigenvalue weighted by Gasteiger charge is -2.23. The molecule has 144 valence electrons. The van der Waals surface area contributed by atoms with Crippen LogP contribution in [0.25, 0.3) is 0 Å². The van der Waals surface area contributed by atoms with Gasteiger partial charge in [0.25, 0.3) is 0 Å². The molecule has 0 aliphatic carbocycles. The van der Waals surface area contributed by atoms with Gasteiger partial charge < -0.3 is 5.32 Å². The Morgan fingerprint density at radius 1 is 0.889 bits per heavy atom. The van der Waals surface area contributed by atoms with E-state index in [1.807, 2.05) is 45.9 Å². The first-order valence-electron chi connectivity index (χ1n) is 8.89. The molecule has 0 aromatic heterocycles. The van der Waals surface area contributed by atoms with E-state index >= 15 is 0 Å². The van der Waals surface area contributed by atoms with Gasteiger partial charge in [0.05, 0.1) is 0 Å². The molecule has 0 unspecified atom stereocenters. The number of ketones is 1. The average molecular weight is 375 g/mol. The van der Waals surface area contributed by atoms with E-state index in [2.05, 4.69) is 5.32 Å². The first-order chi connectivity index (χ1) is 12.6. The van der Waals surface area contributed by atoms with E-state index in [-0.39, 0.29) is 17.4 Å². The minimum atomic E-state index is -4.68. The lowest BCUT2D eigenvalue weighted by molar-refractivity contribution is -0.0903. The Balaban J connectivity index is 2.52. The summed E-state index contributed by atoms with van der Waals surface area (Å²) in [6.07, 6.45) is -4.04. The molecule has 0 aliphatic heterocycles.